The van der Waals surface area contributed by atoms with E-state index in [1.165, 1.54) is 24.1 Å². The van der Waals surface area contributed by atoms with E-state index in [1.54, 1.807) is 4.90 Å². The van der Waals surface area contributed by atoms with Gasteiger partial charge in [-0.15, -0.1) is 23.2 Å². The number of amides is 1. The first-order valence-electron chi connectivity index (χ1n) is 7.81. The fourth-order valence-corrected chi connectivity index (χ4v) is 3.99. The molecule has 0 radical (unpaired) electrons. The molecule has 0 aromatic heterocycles. The average molecular weight is 341 g/mol. The van der Waals surface area contributed by atoms with Gasteiger partial charge in [0.05, 0.1) is 5.41 Å². The van der Waals surface area contributed by atoms with Crippen molar-refractivity contribution in [2.45, 2.75) is 37.1 Å². The van der Waals surface area contributed by atoms with Crippen molar-refractivity contribution in [3.63, 3.8) is 0 Å². The summed E-state index contributed by atoms with van der Waals surface area (Å²) in [4.78, 5) is 16.8. The molecular formula is C17H22Cl2N2O. The Morgan fingerprint density at radius 1 is 1.27 bits per heavy atom. The fraction of sp³-hybridized carbons (Fsp3) is 0.588. The zero-order chi connectivity index (χ0) is 16.0. The highest BCUT2D eigenvalue weighted by Gasteiger charge is 2.68. The summed E-state index contributed by atoms with van der Waals surface area (Å²) in [6.45, 7) is 4.63. The average Bonchev–Trinajstić information content (AvgIpc) is 2.87. The van der Waals surface area contributed by atoms with E-state index in [9.17, 15) is 4.79 Å². The number of para-hydroxylation sites is 1. The van der Waals surface area contributed by atoms with E-state index in [2.05, 4.69) is 23.1 Å². The predicted octanol–water partition coefficient (Wildman–Crippen LogP) is 3.83. The van der Waals surface area contributed by atoms with Gasteiger partial charge >= 0.3 is 0 Å². The molecule has 2 fully saturated rings. The Morgan fingerprint density at radius 3 is 2.45 bits per heavy atom. The van der Waals surface area contributed by atoms with Crippen LogP contribution in [0.25, 0.3) is 0 Å². The van der Waals surface area contributed by atoms with Crippen LogP contribution in [-0.4, -0.2) is 35.3 Å². The van der Waals surface area contributed by atoms with Gasteiger partial charge in [0.2, 0.25) is 5.91 Å². The largest absolute Gasteiger partial charge is 0.371 e. The van der Waals surface area contributed by atoms with Crippen LogP contribution in [0.2, 0.25) is 0 Å². The number of alkyl halides is 2. The summed E-state index contributed by atoms with van der Waals surface area (Å²) in [5.41, 5.74) is 1.77. The maximum atomic E-state index is 12.6. The maximum absolute atomic E-state index is 12.6. The monoisotopic (exact) mass is 340 g/mol. The number of benzene rings is 1. The Hall–Kier alpha value is -0.930. The van der Waals surface area contributed by atoms with Gasteiger partial charge in [0.25, 0.3) is 0 Å². The zero-order valence-electron chi connectivity index (χ0n) is 13.1. The molecule has 0 N–H and O–H groups in total. The molecule has 0 spiro atoms. The standard InChI is InChI=1S/C17H22Cl2N2O/c1-16(12-17(16,18)19)15(22)20(2)11-13-7-3-4-8-14(13)21-9-5-6-10-21/h3-4,7-8H,5-6,9-12H2,1-2H3. The highest BCUT2D eigenvalue weighted by atomic mass is 35.5. The van der Waals surface area contributed by atoms with Crippen LogP contribution in [0.3, 0.4) is 0 Å². The number of hydrogen-bond donors (Lipinski definition) is 0. The van der Waals surface area contributed by atoms with Gasteiger partial charge in [-0.3, -0.25) is 4.79 Å². The molecule has 3 nitrogen and oxygen atoms in total. The second-order valence-electron chi connectivity index (χ2n) is 6.70. The zero-order valence-corrected chi connectivity index (χ0v) is 14.6. The lowest BCUT2D eigenvalue weighted by Gasteiger charge is -2.26. The summed E-state index contributed by atoms with van der Waals surface area (Å²) >= 11 is 12.3. The molecule has 0 bridgehead atoms. The van der Waals surface area contributed by atoms with Crippen molar-refractivity contribution in [1.29, 1.82) is 0 Å². The summed E-state index contributed by atoms with van der Waals surface area (Å²) in [5, 5.41) is 0. The van der Waals surface area contributed by atoms with Crippen LogP contribution in [0.15, 0.2) is 24.3 Å². The van der Waals surface area contributed by atoms with Gasteiger partial charge in [-0.25, -0.2) is 0 Å². The van der Waals surface area contributed by atoms with Crippen LogP contribution in [0.4, 0.5) is 5.69 Å². The molecule has 1 unspecified atom stereocenters. The van der Waals surface area contributed by atoms with E-state index in [-0.39, 0.29) is 5.91 Å². The lowest BCUT2D eigenvalue weighted by molar-refractivity contribution is -0.135. The Balaban J connectivity index is 1.75. The smallest absolute Gasteiger partial charge is 0.231 e. The number of carbonyl (C=O) groups excluding carboxylic acids is 1. The van der Waals surface area contributed by atoms with Crippen molar-refractivity contribution in [2.75, 3.05) is 25.0 Å². The molecule has 1 aliphatic carbocycles. The molecule has 1 atom stereocenters. The van der Waals surface area contributed by atoms with Crippen LogP contribution in [0.1, 0.15) is 31.7 Å². The number of anilines is 1. The summed E-state index contributed by atoms with van der Waals surface area (Å²) in [5.74, 6) is 0.0220. The topological polar surface area (TPSA) is 23.6 Å². The molecule has 1 aromatic rings. The van der Waals surface area contributed by atoms with E-state index in [0.717, 1.165) is 13.1 Å². The Labute approximate surface area is 142 Å². The van der Waals surface area contributed by atoms with E-state index in [4.69, 9.17) is 23.2 Å². The number of hydrogen-bond acceptors (Lipinski definition) is 2. The number of nitrogens with zero attached hydrogens (tertiary/aromatic N) is 2. The molecule has 1 aliphatic heterocycles. The molecule has 22 heavy (non-hydrogen) atoms. The summed E-state index contributed by atoms with van der Waals surface area (Å²) in [6.07, 6.45) is 3.00. The second kappa shape index (κ2) is 5.61. The van der Waals surface area contributed by atoms with Gasteiger partial charge in [0.15, 0.2) is 0 Å². The van der Waals surface area contributed by atoms with Crippen molar-refractivity contribution in [3.8, 4) is 0 Å². The first-order chi connectivity index (χ1) is 10.3. The normalized spacial score (nSPS) is 26.1. The lowest BCUT2D eigenvalue weighted by Crippen LogP contribution is -2.35. The van der Waals surface area contributed by atoms with Gasteiger partial charge in [-0.2, -0.15) is 0 Å². The number of halogens is 2. The van der Waals surface area contributed by atoms with Crippen LogP contribution >= 0.6 is 23.2 Å². The minimum atomic E-state index is -0.910. The molecule has 120 valence electrons. The van der Waals surface area contributed by atoms with Gasteiger partial charge in [0.1, 0.15) is 4.33 Å². The fourth-order valence-electron chi connectivity index (χ4n) is 3.29. The van der Waals surface area contributed by atoms with Crippen molar-refractivity contribution >= 4 is 34.8 Å². The molecule has 1 saturated heterocycles. The Kier molecular flexibility index (Phi) is 4.07. The molecule has 1 aromatic carbocycles. The van der Waals surface area contributed by atoms with Crippen LogP contribution < -0.4 is 4.90 Å². The molecule has 3 rings (SSSR count). The van der Waals surface area contributed by atoms with E-state index in [1.807, 2.05) is 20.0 Å². The molecule has 1 saturated carbocycles. The molecular weight excluding hydrogens is 319 g/mol. The second-order valence-corrected chi connectivity index (χ2v) is 8.18. The summed E-state index contributed by atoms with van der Waals surface area (Å²) < 4.78 is -0.910. The van der Waals surface area contributed by atoms with Crippen LogP contribution in [0.5, 0.6) is 0 Å². The van der Waals surface area contributed by atoms with E-state index >= 15 is 0 Å². The van der Waals surface area contributed by atoms with Crippen LogP contribution in [0, 0.1) is 5.41 Å². The molecule has 2 aliphatic rings. The van der Waals surface area contributed by atoms with Gasteiger partial charge in [-0.05, 0) is 37.8 Å². The maximum Gasteiger partial charge on any atom is 0.231 e. The first kappa shape index (κ1) is 15.9. The molecule has 1 amide bonds. The van der Waals surface area contributed by atoms with Crippen molar-refractivity contribution in [1.82, 2.24) is 4.90 Å². The Morgan fingerprint density at radius 2 is 1.86 bits per heavy atom. The van der Waals surface area contributed by atoms with Gasteiger partial charge in [0, 0.05) is 32.4 Å². The number of carbonyl (C=O) groups is 1. The quantitative estimate of drug-likeness (QED) is 0.777. The number of rotatable bonds is 4. The minimum Gasteiger partial charge on any atom is -0.371 e. The first-order valence-corrected chi connectivity index (χ1v) is 8.57. The third-order valence-electron chi connectivity index (χ3n) is 4.92. The molecule has 1 heterocycles. The van der Waals surface area contributed by atoms with Gasteiger partial charge < -0.3 is 9.80 Å². The van der Waals surface area contributed by atoms with Crippen molar-refractivity contribution < 1.29 is 4.79 Å². The van der Waals surface area contributed by atoms with Crippen molar-refractivity contribution in [2.24, 2.45) is 5.41 Å². The minimum absolute atomic E-state index is 0.0220. The SMILES string of the molecule is CN(Cc1ccccc1N1CCCC1)C(=O)C1(C)CC1(Cl)Cl. The highest BCUT2D eigenvalue weighted by molar-refractivity contribution is 6.53. The van der Waals surface area contributed by atoms with E-state index in [0.29, 0.717) is 13.0 Å². The van der Waals surface area contributed by atoms with E-state index < -0.39 is 9.75 Å². The predicted molar refractivity (Wildman–Crippen MR) is 91.5 cm³/mol. The van der Waals surface area contributed by atoms with Gasteiger partial charge in [-0.1, -0.05) is 18.2 Å². The van der Waals surface area contributed by atoms with Crippen LogP contribution in [-0.2, 0) is 11.3 Å². The molecule has 5 heteroatoms. The summed E-state index contributed by atoms with van der Waals surface area (Å²) in [7, 11) is 1.83. The lowest BCUT2D eigenvalue weighted by atomic mass is 10.1. The third kappa shape index (κ3) is 2.69. The Bertz CT molecular complexity index is 584. The third-order valence-corrected chi connectivity index (χ3v) is 6.02. The highest BCUT2D eigenvalue weighted by Crippen LogP contribution is 2.64. The summed E-state index contributed by atoms with van der Waals surface area (Å²) in [6, 6.07) is 8.33. The van der Waals surface area contributed by atoms with Crippen molar-refractivity contribution in [3.05, 3.63) is 29.8 Å².